The summed E-state index contributed by atoms with van der Waals surface area (Å²) in [5.41, 5.74) is 2.19. The third-order valence-electron chi connectivity index (χ3n) is 3.24. The Labute approximate surface area is 112 Å². The van der Waals surface area contributed by atoms with Crippen molar-refractivity contribution < 1.29 is 4.79 Å². The summed E-state index contributed by atoms with van der Waals surface area (Å²) in [6.07, 6.45) is 0.327. The summed E-state index contributed by atoms with van der Waals surface area (Å²) in [4.78, 5) is 13.4. The number of hydrogen-bond donors (Lipinski definition) is 1. The van der Waals surface area contributed by atoms with Crippen molar-refractivity contribution in [1.29, 1.82) is 10.5 Å². The van der Waals surface area contributed by atoms with E-state index in [1.807, 2.05) is 36.4 Å². The topological polar surface area (TPSA) is 79.9 Å². The number of nitriles is 2. The summed E-state index contributed by atoms with van der Waals surface area (Å²) >= 11 is 0. The van der Waals surface area contributed by atoms with Gasteiger partial charge in [-0.3, -0.25) is 4.79 Å². The highest BCUT2D eigenvalue weighted by molar-refractivity contribution is 5.78. The molecule has 5 nitrogen and oxygen atoms in total. The molecule has 0 aromatic heterocycles. The molecule has 1 N–H and O–H groups in total. The molecule has 1 aromatic carbocycles. The standard InChI is InChI=1S/C14H14N4O/c15-5-7-18(8-6-16)14(19)9-11-10-17-13-4-2-1-3-12(11)13/h1-4,11,17H,7-10H2. The van der Waals surface area contributed by atoms with Crippen molar-refractivity contribution in [3.63, 3.8) is 0 Å². The van der Waals surface area contributed by atoms with Gasteiger partial charge in [0, 0.05) is 24.6 Å². The van der Waals surface area contributed by atoms with Crippen LogP contribution in [0.25, 0.3) is 0 Å². The van der Waals surface area contributed by atoms with Gasteiger partial charge in [-0.15, -0.1) is 0 Å². The zero-order valence-electron chi connectivity index (χ0n) is 10.5. The molecule has 1 aliphatic rings. The van der Waals surface area contributed by atoms with Crippen molar-refractivity contribution in [3.8, 4) is 12.1 Å². The van der Waals surface area contributed by atoms with Crippen LogP contribution in [0.1, 0.15) is 17.9 Å². The van der Waals surface area contributed by atoms with E-state index in [-0.39, 0.29) is 24.9 Å². The highest BCUT2D eigenvalue weighted by atomic mass is 16.2. The van der Waals surface area contributed by atoms with E-state index in [2.05, 4.69) is 5.32 Å². The van der Waals surface area contributed by atoms with E-state index in [9.17, 15) is 4.79 Å². The van der Waals surface area contributed by atoms with Gasteiger partial charge in [0.1, 0.15) is 13.1 Å². The minimum absolute atomic E-state index is 0.0335. The molecule has 0 saturated carbocycles. The van der Waals surface area contributed by atoms with Crippen LogP contribution in [-0.4, -0.2) is 30.4 Å². The number of hydrogen-bond acceptors (Lipinski definition) is 4. The fourth-order valence-corrected chi connectivity index (χ4v) is 2.28. The van der Waals surface area contributed by atoms with Crippen LogP contribution in [0.2, 0.25) is 0 Å². The number of carbonyl (C=O) groups is 1. The minimum Gasteiger partial charge on any atom is -0.384 e. The number of benzene rings is 1. The predicted octanol–water partition coefficient (Wildman–Crippen LogP) is 1.46. The first-order valence-electron chi connectivity index (χ1n) is 6.10. The minimum atomic E-state index is -0.147. The molecule has 5 heteroatoms. The molecule has 0 fully saturated rings. The van der Waals surface area contributed by atoms with E-state index in [4.69, 9.17) is 10.5 Å². The number of para-hydroxylation sites is 1. The Kier molecular flexibility index (Phi) is 4.00. The summed E-state index contributed by atoms with van der Waals surface area (Å²) in [6.45, 7) is 0.653. The van der Waals surface area contributed by atoms with Crippen LogP contribution in [-0.2, 0) is 4.79 Å². The van der Waals surface area contributed by atoms with Crippen molar-refractivity contribution in [2.75, 3.05) is 25.0 Å². The first kappa shape index (κ1) is 12.9. The van der Waals surface area contributed by atoms with Crippen LogP contribution in [0.15, 0.2) is 24.3 Å². The largest absolute Gasteiger partial charge is 0.384 e. The maximum Gasteiger partial charge on any atom is 0.224 e. The average Bonchev–Trinajstić information content (AvgIpc) is 2.82. The Morgan fingerprint density at radius 3 is 2.68 bits per heavy atom. The molecule has 0 saturated heterocycles. The van der Waals surface area contributed by atoms with E-state index in [1.54, 1.807) is 0 Å². The number of fused-ring (bicyclic) bond motifs is 1. The van der Waals surface area contributed by atoms with Gasteiger partial charge in [-0.25, -0.2) is 0 Å². The van der Waals surface area contributed by atoms with Crippen LogP contribution >= 0.6 is 0 Å². The van der Waals surface area contributed by atoms with Crippen molar-refractivity contribution in [1.82, 2.24) is 4.90 Å². The third-order valence-corrected chi connectivity index (χ3v) is 3.24. The third kappa shape index (κ3) is 2.83. The highest BCUT2D eigenvalue weighted by Gasteiger charge is 2.26. The first-order valence-corrected chi connectivity index (χ1v) is 6.10. The second-order valence-electron chi connectivity index (χ2n) is 4.44. The fraction of sp³-hybridized carbons (Fsp3) is 0.357. The zero-order valence-corrected chi connectivity index (χ0v) is 10.5. The van der Waals surface area contributed by atoms with Gasteiger partial charge < -0.3 is 10.2 Å². The van der Waals surface area contributed by atoms with Gasteiger partial charge in [-0.05, 0) is 11.6 Å². The predicted molar refractivity (Wildman–Crippen MR) is 70.1 cm³/mol. The van der Waals surface area contributed by atoms with Crippen molar-refractivity contribution in [3.05, 3.63) is 29.8 Å². The SMILES string of the molecule is N#CCN(CC#N)C(=O)CC1CNc2ccccc21. The molecule has 1 amide bonds. The maximum absolute atomic E-state index is 12.1. The lowest BCUT2D eigenvalue weighted by molar-refractivity contribution is -0.130. The second-order valence-corrected chi connectivity index (χ2v) is 4.44. The van der Waals surface area contributed by atoms with Gasteiger partial charge in [0.2, 0.25) is 5.91 Å². The molecule has 0 aliphatic carbocycles. The molecule has 1 aliphatic heterocycles. The molecule has 1 heterocycles. The van der Waals surface area contributed by atoms with Crippen LogP contribution in [0.5, 0.6) is 0 Å². The Hall–Kier alpha value is -2.53. The van der Waals surface area contributed by atoms with Crippen LogP contribution in [0, 0.1) is 22.7 Å². The number of carbonyl (C=O) groups excluding carboxylic acids is 1. The van der Waals surface area contributed by atoms with Gasteiger partial charge in [0.15, 0.2) is 0 Å². The summed E-state index contributed by atoms with van der Waals surface area (Å²) in [5, 5.41) is 20.6. The normalized spacial score (nSPS) is 15.8. The van der Waals surface area contributed by atoms with E-state index in [0.717, 1.165) is 17.8 Å². The lowest BCUT2D eigenvalue weighted by Crippen LogP contribution is -2.33. The van der Waals surface area contributed by atoms with E-state index in [1.165, 1.54) is 4.90 Å². The molecular formula is C14H14N4O. The van der Waals surface area contributed by atoms with Gasteiger partial charge in [0.05, 0.1) is 12.1 Å². The number of nitrogens with one attached hydrogen (secondary N) is 1. The van der Waals surface area contributed by atoms with Gasteiger partial charge in [-0.2, -0.15) is 10.5 Å². The van der Waals surface area contributed by atoms with Crippen molar-refractivity contribution >= 4 is 11.6 Å². The van der Waals surface area contributed by atoms with Crippen LogP contribution < -0.4 is 5.32 Å². The Morgan fingerprint density at radius 2 is 2.00 bits per heavy atom. The molecule has 96 valence electrons. The number of nitrogens with zero attached hydrogens (tertiary/aromatic N) is 3. The van der Waals surface area contributed by atoms with Crippen LogP contribution in [0.4, 0.5) is 5.69 Å². The summed E-state index contributed by atoms with van der Waals surface area (Å²) in [6, 6.07) is 11.7. The lowest BCUT2D eigenvalue weighted by atomic mass is 9.97. The molecule has 0 radical (unpaired) electrons. The summed E-state index contributed by atoms with van der Waals surface area (Å²) in [7, 11) is 0. The summed E-state index contributed by atoms with van der Waals surface area (Å²) < 4.78 is 0. The van der Waals surface area contributed by atoms with Gasteiger partial charge in [0.25, 0.3) is 0 Å². The van der Waals surface area contributed by atoms with Gasteiger partial charge in [-0.1, -0.05) is 18.2 Å². The Balaban J connectivity index is 2.04. The van der Waals surface area contributed by atoms with Crippen LogP contribution in [0.3, 0.4) is 0 Å². The number of rotatable bonds is 4. The monoisotopic (exact) mass is 254 g/mol. The molecular weight excluding hydrogens is 240 g/mol. The fourth-order valence-electron chi connectivity index (χ4n) is 2.28. The smallest absolute Gasteiger partial charge is 0.224 e. The van der Waals surface area contributed by atoms with E-state index < -0.39 is 0 Å². The number of amides is 1. The Bertz CT molecular complexity index is 539. The Morgan fingerprint density at radius 1 is 1.32 bits per heavy atom. The highest BCUT2D eigenvalue weighted by Crippen LogP contribution is 2.33. The molecule has 1 aromatic rings. The lowest BCUT2D eigenvalue weighted by Gasteiger charge is -2.18. The van der Waals surface area contributed by atoms with E-state index >= 15 is 0 Å². The molecule has 19 heavy (non-hydrogen) atoms. The van der Waals surface area contributed by atoms with Crippen molar-refractivity contribution in [2.24, 2.45) is 0 Å². The quantitative estimate of drug-likeness (QED) is 0.825. The average molecular weight is 254 g/mol. The molecule has 0 spiro atoms. The molecule has 1 atom stereocenters. The van der Waals surface area contributed by atoms with Gasteiger partial charge >= 0.3 is 0 Å². The maximum atomic E-state index is 12.1. The molecule has 2 rings (SSSR count). The number of anilines is 1. The molecule has 0 bridgehead atoms. The second kappa shape index (κ2) is 5.88. The van der Waals surface area contributed by atoms with E-state index in [0.29, 0.717) is 6.42 Å². The van der Waals surface area contributed by atoms with Crippen molar-refractivity contribution in [2.45, 2.75) is 12.3 Å². The molecule has 1 unspecified atom stereocenters. The zero-order chi connectivity index (χ0) is 13.7. The first-order chi connectivity index (χ1) is 9.26. The summed E-state index contributed by atoms with van der Waals surface area (Å²) in [5.74, 6) is -0.0322.